The number of carbonyl (C=O) groups excluding carboxylic acids is 1. The zero-order valence-electron chi connectivity index (χ0n) is 11.2. The molecule has 1 aromatic carbocycles. The van der Waals surface area contributed by atoms with Crippen LogP contribution in [0.2, 0.25) is 0 Å². The van der Waals surface area contributed by atoms with E-state index in [1.807, 2.05) is 26.0 Å². The van der Waals surface area contributed by atoms with Gasteiger partial charge < -0.3 is 14.2 Å². The molecule has 18 heavy (non-hydrogen) atoms. The van der Waals surface area contributed by atoms with Crippen molar-refractivity contribution in [3.63, 3.8) is 0 Å². The quantitative estimate of drug-likeness (QED) is 0.550. The third-order valence-electron chi connectivity index (χ3n) is 2.53. The Hall–Kier alpha value is -1.39. The van der Waals surface area contributed by atoms with Gasteiger partial charge in [-0.25, -0.2) is 4.79 Å². The van der Waals surface area contributed by atoms with E-state index >= 15 is 0 Å². The lowest BCUT2D eigenvalue weighted by Gasteiger charge is -2.08. The Morgan fingerprint density at radius 3 is 2.67 bits per heavy atom. The van der Waals surface area contributed by atoms with Gasteiger partial charge in [0, 0.05) is 7.11 Å². The lowest BCUT2D eigenvalue weighted by Crippen LogP contribution is -2.15. The summed E-state index contributed by atoms with van der Waals surface area (Å²) in [6.45, 7) is 5.14. The number of carbonyl (C=O) groups is 1. The molecule has 0 saturated carbocycles. The molecule has 0 aliphatic carbocycles. The standard InChI is InChI=1S/C14H20O4/c1-11-4-5-13(12(2)8-11)9-17-10-14(15)18-7-6-16-3/h4-5,8H,6-7,9-10H2,1-3H3. The normalized spacial score (nSPS) is 10.4. The Morgan fingerprint density at radius 2 is 2.00 bits per heavy atom. The molecule has 0 bridgehead atoms. The van der Waals surface area contributed by atoms with E-state index in [2.05, 4.69) is 6.07 Å². The number of hydrogen-bond acceptors (Lipinski definition) is 4. The molecule has 0 spiro atoms. The molecule has 0 heterocycles. The minimum absolute atomic E-state index is 0.0307. The monoisotopic (exact) mass is 252 g/mol. The lowest BCUT2D eigenvalue weighted by molar-refractivity contribution is -0.150. The summed E-state index contributed by atoms with van der Waals surface area (Å²) in [5.74, 6) is -0.364. The molecule has 0 N–H and O–H groups in total. The van der Waals surface area contributed by atoms with Crippen LogP contribution in [0.15, 0.2) is 18.2 Å². The summed E-state index contributed by atoms with van der Waals surface area (Å²) in [5, 5.41) is 0. The van der Waals surface area contributed by atoms with E-state index in [9.17, 15) is 4.79 Å². The van der Waals surface area contributed by atoms with E-state index < -0.39 is 0 Å². The van der Waals surface area contributed by atoms with E-state index in [-0.39, 0.29) is 19.2 Å². The number of benzene rings is 1. The number of hydrogen-bond donors (Lipinski definition) is 0. The minimum atomic E-state index is -0.364. The van der Waals surface area contributed by atoms with E-state index in [0.717, 1.165) is 5.56 Å². The molecule has 0 radical (unpaired) electrons. The topological polar surface area (TPSA) is 44.8 Å². The molecule has 1 rings (SSSR count). The molecule has 100 valence electrons. The van der Waals surface area contributed by atoms with Crippen molar-refractivity contribution in [2.24, 2.45) is 0 Å². The van der Waals surface area contributed by atoms with Gasteiger partial charge in [-0.15, -0.1) is 0 Å². The van der Waals surface area contributed by atoms with Gasteiger partial charge in [-0.2, -0.15) is 0 Å². The first-order valence-electron chi connectivity index (χ1n) is 5.92. The number of ether oxygens (including phenoxy) is 3. The second-order valence-electron chi connectivity index (χ2n) is 4.14. The Labute approximate surface area is 108 Å². The van der Waals surface area contributed by atoms with E-state index in [4.69, 9.17) is 14.2 Å². The van der Waals surface area contributed by atoms with Crippen molar-refractivity contribution in [1.29, 1.82) is 0 Å². The third kappa shape index (κ3) is 5.29. The average Bonchev–Trinajstić information content (AvgIpc) is 2.32. The van der Waals surface area contributed by atoms with Gasteiger partial charge in [0.25, 0.3) is 0 Å². The van der Waals surface area contributed by atoms with Crippen molar-refractivity contribution in [2.45, 2.75) is 20.5 Å². The van der Waals surface area contributed by atoms with Gasteiger partial charge in [0.1, 0.15) is 13.2 Å². The van der Waals surface area contributed by atoms with Gasteiger partial charge >= 0.3 is 5.97 Å². The van der Waals surface area contributed by atoms with Crippen LogP contribution in [0.5, 0.6) is 0 Å². The van der Waals surface area contributed by atoms with Crippen molar-refractivity contribution in [1.82, 2.24) is 0 Å². The Balaban J connectivity index is 2.26. The summed E-state index contributed by atoms with van der Waals surface area (Å²) in [6, 6.07) is 6.14. The summed E-state index contributed by atoms with van der Waals surface area (Å²) in [6.07, 6.45) is 0. The molecule has 0 aliphatic rings. The summed E-state index contributed by atoms with van der Waals surface area (Å²) in [7, 11) is 1.56. The number of esters is 1. The minimum Gasteiger partial charge on any atom is -0.462 e. The van der Waals surface area contributed by atoms with Crippen molar-refractivity contribution >= 4 is 5.97 Å². The first-order chi connectivity index (χ1) is 8.63. The maximum absolute atomic E-state index is 11.2. The summed E-state index contributed by atoms with van der Waals surface area (Å²) >= 11 is 0. The first-order valence-corrected chi connectivity index (χ1v) is 5.92. The zero-order valence-corrected chi connectivity index (χ0v) is 11.2. The van der Waals surface area contributed by atoms with E-state index in [0.29, 0.717) is 13.2 Å². The highest BCUT2D eigenvalue weighted by atomic mass is 16.6. The van der Waals surface area contributed by atoms with Crippen molar-refractivity contribution in [3.05, 3.63) is 34.9 Å². The van der Waals surface area contributed by atoms with Crippen LogP contribution >= 0.6 is 0 Å². The molecule has 4 heteroatoms. The van der Waals surface area contributed by atoms with Crippen LogP contribution in [0.4, 0.5) is 0 Å². The third-order valence-corrected chi connectivity index (χ3v) is 2.53. The molecule has 0 fully saturated rings. The molecule has 0 unspecified atom stereocenters. The van der Waals surface area contributed by atoms with Gasteiger partial charge in [0.15, 0.2) is 0 Å². The van der Waals surface area contributed by atoms with Crippen molar-refractivity contribution in [3.8, 4) is 0 Å². The smallest absolute Gasteiger partial charge is 0.332 e. The molecule has 0 saturated heterocycles. The fraction of sp³-hybridized carbons (Fsp3) is 0.500. The number of rotatable bonds is 7. The highest BCUT2D eigenvalue weighted by Crippen LogP contribution is 2.11. The van der Waals surface area contributed by atoms with Crippen molar-refractivity contribution in [2.75, 3.05) is 26.9 Å². The predicted octanol–water partition coefficient (Wildman–Crippen LogP) is 2.01. The van der Waals surface area contributed by atoms with Gasteiger partial charge in [-0.05, 0) is 25.0 Å². The van der Waals surface area contributed by atoms with Crippen LogP contribution < -0.4 is 0 Å². The Kier molecular flexibility index (Phi) is 6.39. The molecule has 1 aromatic rings. The largest absolute Gasteiger partial charge is 0.462 e. The van der Waals surface area contributed by atoms with Gasteiger partial charge in [-0.3, -0.25) is 0 Å². The molecule has 0 aromatic heterocycles. The van der Waals surface area contributed by atoms with Crippen LogP contribution in [0, 0.1) is 13.8 Å². The van der Waals surface area contributed by atoms with E-state index in [1.165, 1.54) is 11.1 Å². The van der Waals surface area contributed by atoms with Crippen LogP contribution in [0.1, 0.15) is 16.7 Å². The zero-order chi connectivity index (χ0) is 13.4. The molecule has 0 amide bonds. The van der Waals surface area contributed by atoms with Crippen LogP contribution in [0.25, 0.3) is 0 Å². The Bertz CT molecular complexity index is 387. The summed E-state index contributed by atoms with van der Waals surface area (Å²) in [4.78, 5) is 11.2. The first kappa shape index (κ1) is 14.7. The van der Waals surface area contributed by atoms with Gasteiger partial charge in [0.2, 0.25) is 0 Å². The van der Waals surface area contributed by atoms with Crippen LogP contribution in [-0.2, 0) is 25.6 Å². The summed E-state index contributed by atoms with van der Waals surface area (Å²) < 4.78 is 15.0. The highest BCUT2D eigenvalue weighted by Gasteiger charge is 2.04. The van der Waals surface area contributed by atoms with Gasteiger partial charge in [0.05, 0.1) is 13.2 Å². The molecular formula is C14H20O4. The second-order valence-corrected chi connectivity index (χ2v) is 4.14. The average molecular weight is 252 g/mol. The molecule has 4 nitrogen and oxygen atoms in total. The maximum atomic E-state index is 11.2. The SMILES string of the molecule is COCCOC(=O)COCc1ccc(C)cc1C. The predicted molar refractivity (Wildman–Crippen MR) is 68.4 cm³/mol. The van der Waals surface area contributed by atoms with Gasteiger partial charge in [-0.1, -0.05) is 23.8 Å². The van der Waals surface area contributed by atoms with Crippen LogP contribution in [-0.4, -0.2) is 32.9 Å². The maximum Gasteiger partial charge on any atom is 0.332 e. The second kappa shape index (κ2) is 7.84. The molecule has 0 atom stereocenters. The molecular weight excluding hydrogens is 232 g/mol. The van der Waals surface area contributed by atoms with Crippen LogP contribution in [0.3, 0.4) is 0 Å². The fourth-order valence-corrected chi connectivity index (χ4v) is 1.53. The fourth-order valence-electron chi connectivity index (χ4n) is 1.53. The summed E-state index contributed by atoms with van der Waals surface area (Å²) in [5.41, 5.74) is 3.48. The Morgan fingerprint density at radius 1 is 1.22 bits per heavy atom. The number of aryl methyl sites for hydroxylation is 2. The highest BCUT2D eigenvalue weighted by molar-refractivity contribution is 5.70. The lowest BCUT2D eigenvalue weighted by atomic mass is 10.1. The van der Waals surface area contributed by atoms with Crippen molar-refractivity contribution < 1.29 is 19.0 Å². The molecule has 0 aliphatic heterocycles. The van der Waals surface area contributed by atoms with E-state index in [1.54, 1.807) is 7.11 Å². The number of methoxy groups -OCH3 is 1.